The Hall–Kier alpha value is -1.62. The molecule has 1 N–H and O–H groups in total. The van der Waals surface area contributed by atoms with E-state index in [4.69, 9.17) is 4.74 Å². The van der Waals surface area contributed by atoms with Gasteiger partial charge in [0.2, 0.25) is 0 Å². The van der Waals surface area contributed by atoms with Crippen molar-refractivity contribution >= 4 is 23.5 Å². The number of amides is 2. The van der Waals surface area contributed by atoms with Crippen LogP contribution in [0.1, 0.15) is 12.8 Å². The summed E-state index contributed by atoms with van der Waals surface area (Å²) in [6, 6.07) is 7.70. The zero-order valence-corrected chi connectivity index (χ0v) is 13.2. The Kier molecular flexibility index (Phi) is 5.99. The molecule has 1 aromatic rings. The summed E-state index contributed by atoms with van der Waals surface area (Å²) in [5, 5.41) is 2.94. The topological polar surface area (TPSA) is 41.6 Å². The number of urea groups is 1. The van der Waals surface area contributed by atoms with Crippen LogP contribution in [0.2, 0.25) is 0 Å². The molecule has 0 spiro atoms. The Morgan fingerprint density at radius 3 is 2.90 bits per heavy atom. The van der Waals surface area contributed by atoms with E-state index in [2.05, 4.69) is 11.9 Å². The number of para-hydroxylation sites is 2. The lowest BCUT2D eigenvalue weighted by Crippen LogP contribution is -2.41. The Balaban J connectivity index is 1.99. The number of benzene rings is 1. The number of rotatable bonds is 5. The summed E-state index contributed by atoms with van der Waals surface area (Å²) < 4.78 is 5.56. The van der Waals surface area contributed by atoms with Crippen molar-refractivity contribution in [3.05, 3.63) is 36.9 Å². The maximum absolute atomic E-state index is 12.4. The van der Waals surface area contributed by atoms with E-state index in [1.54, 1.807) is 6.08 Å². The summed E-state index contributed by atoms with van der Waals surface area (Å²) in [6.45, 7) is 4.05. The molecule has 2 rings (SSSR count). The van der Waals surface area contributed by atoms with Crippen LogP contribution >= 0.6 is 11.8 Å². The minimum Gasteiger partial charge on any atom is -0.487 e. The highest BCUT2D eigenvalue weighted by atomic mass is 32.2. The lowest BCUT2D eigenvalue weighted by atomic mass is 10.1. The van der Waals surface area contributed by atoms with Gasteiger partial charge in [0.1, 0.15) is 12.4 Å². The second-order valence-electron chi connectivity index (χ2n) is 4.98. The first-order valence-electron chi connectivity index (χ1n) is 7.16. The number of hydrogen-bond acceptors (Lipinski definition) is 3. The molecule has 4 nitrogen and oxygen atoms in total. The van der Waals surface area contributed by atoms with Gasteiger partial charge >= 0.3 is 6.03 Å². The number of nitrogens with zero attached hydrogens (tertiary/aromatic N) is 1. The second kappa shape index (κ2) is 7.98. The Morgan fingerprint density at radius 2 is 2.19 bits per heavy atom. The molecule has 1 aliphatic heterocycles. The van der Waals surface area contributed by atoms with Crippen LogP contribution < -0.4 is 10.1 Å². The van der Waals surface area contributed by atoms with Gasteiger partial charge in [0.05, 0.1) is 5.69 Å². The number of carbonyl (C=O) groups is 1. The van der Waals surface area contributed by atoms with Crippen LogP contribution in [0.25, 0.3) is 0 Å². The predicted octanol–water partition coefficient (Wildman–Crippen LogP) is 3.61. The average molecular weight is 306 g/mol. The molecule has 0 aromatic heterocycles. The number of carbonyl (C=O) groups excluding carboxylic acids is 1. The van der Waals surface area contributed by atoms with Crippen molar-refractivity contribution in [1.29, 1.82) is 0 Å². The SMILES string of the molecule is C=CCOc1ccccc1NC(=O)N(C)C1CCSCC1. The zero-order chi connectivity index (χ0) is 15.1. The Bertz CT molecular complexity index is 487. The first-order valence-corrected chi connectivity index (χ1v) is 8.32. The van der Waals surface area contributed by atoms with Crippen molar-refractivity contribution in [3.8, 4) is 5.75 Å². The molecule has 5 heteroatoms. The lowest BCUT2D eigenvalue weighted by Gasteiger charge is -2.31. The molecule has 0 aliphatic carbocycles. The molecule has 0 unspecified atom stereocenters. The van der Waals surface area contributed by atoms with Crippen molar-refractivity contribution in [2.45, 2.75) is 18.9 Å². The van der Waals surface area contributed by atoms with Crippen molar-refractivity contribution in [3.63, 3.8) is 0 Å². The molecule has 1 aromatic carbocycles. The molecular formula is C16H22N2O2S. The molecule has 1 fully saturated rings. The largest absolute Gasteiger partial charge is 0.487 e. The third kappa shape index (κ3) is 4.43. The van der Waals surface area contributed by atoms with E-state index < -0.39 is 0 Å². The Labute approximate surface area is 130 Å². The van der Waals surface area contributed by atoms with Gasteiger partial charge in [0.25, 0.3) is 0 Å². The third-order valence-electron chi connectivity index (χ3n) is 3.54. The average Bonchev–Trinajstić information content (AvgIpc) is 2.54. The van der Waals surface area contributed by atoms with E-state index >= 15 is 0 Å². The highest BCUT2D eigenvalue weighted by Crippen LogP contribution is 2.25. The highest BCUT2D eigenvalue weighted by molar-refractivity contribution is 7.99. The molecule has 0 atom stereocenters. The first kappa shape index (κ1) is 15.8. The van der Waals surface area contributed by atoms with Gasteiger partial charge in [-0.25, -0.2) is 4.79 Å². The standard InChI is InChI=1S/C16H22N2O2S/c1-3-10-20-15-7-5-4-6-14(15)17-16(19)18(2)13-8-11-21-12-9-13/h3-7,13H,1,8-12H2,2H3,(H,17,19). The van der Waals surface area contributed by atoms with Crippen molar-refractivity contribution in [2.75, 3.05) is 30.5 Å². The maximum Gasteiger partial charge on any atom is 0.321 e. The molecule has 1 heterocycles. The van der Waals surface area contributed by atoms with Crippen LogP contribution in [0, 0.1) is 0 Å². The van der Waals surface area contributed by atoms with E-state index in [1.807, 2.05) is 48.0 Å². The molecule has 1 saturated heterocycles. The van der Waals surface area contributed by atoms with Crippen molar-refractivity contribution in [1.82, 2.24) is 4.90 Å². The summed E-state index contributed by atoms with van der Waals surface area (Å²) >= 11 is 1.96. The number of thioether (sulfide) groups is 1. The van der Waals surface area contributed by atoms with Gasteiger partial charge in [-0.2, -0.15) is 11.8 Å². The molecule has 0 saturated carbocycles. The zero-order valence-electron chi connectivity index (χ0n) is 12.4. The first-order chi connectivity index (χ1) is 10.2. The molecule has 2 amide bonds. The summed E-state index contributed by atoms with van der Waals surface area (Å²) in [6.07, 6.45) is 3.80. The van der Waals surface area contributed by atoms with Crippen LogP contribution in [0.4, 0.5) is 10.5 Å². The van der Waals surface area contributed by atoms with Crippen LogP contribution in [0.3, 0.4) is 0 Å². The summed E-state index contributed by atoms with van der Waals surface area (Å²) in [5.41, 5.74) is 0.696. The van der Waals surface area contributed by atoms with E-state index in [0.29, 0.717) is 24.1 Å². The number of ether oxygens (including phenoxy) is 1. The molecule has 0 radical (unpaired) electrons. The Morgan fingerprint density at radius 1 is 1.48 bits per heavy atom. The monoisotopic (exact) mass is 306 g/mol. The van der Waals surface area contributed by atoms with Gasteiger partial charge in [-0.3, -0.25) is 0 Å². The fourth-order valence-corrected chi connectivity index (χ4v) is 3.37. The van der Waals surface area contributed by atoms with Gasteiger partial charge in [-0.15, -0.1) is 0 Å². The fraction of sp³-hybridized carbons (Fsp3) is 0.438. The van der Waals surface area contributed by atoms with Crippen LogP contribution in [-0.4, -0.2) is 42.1 Å². The minimum absolute atomic E-state index is 0.0819. The van der Waals surface area contributed by atoms with Crippen molar-refractivity contribution < 1.29 is 9.53 Å². The van der Waals surface area contributed by atoms with Crippen molar-refractivity contribution in [2.24, 2.45) is 0 Å². The van der Waals surface area contributed by atoms with Gasteiger partial charge in [0, 0.05) is 13.1 Å². The quantitative estimate of drug-likeness (QED) is 0.845. The van der Waals surface area contributed by atoms with Crippen LogP contribution in [0.15, 0.2) is 36.9 Å². The number of hydrogen-bond donors (Lipinski definition) is 1. The fourth-order valence-electron chi connectivity index (χ4n) is 2.29. The number of nitrogens with one attached hydrogen (secondary N) is 1. The van der Waals surface area contributed by atoms with Crippen LogP contribution in [0.5, 0.6) is 5.75 Å². The predicted molar refractivity (Wildman–Crippen MR) is 89.3 cm³/mol. The van der Waals surface area contributed by atoms with Crippen LogP contribution in [-0.2, 0) is 0 Å². The van der Waals surface area contributed by atoms with E-state index in [0.717, 1.165) is 24.3 Å². The lowest BCUT2D eigenvalue weighted by molar-refractivity contribution is 0.200. The van der Waals surface area contributed by atoms with E-state index in [9.17, 15) is 4.79 Å². The van der Waals surface area contributed by atoms with Gasteiger partial charge in [-0.1, -0.05) is 24.8 Å². The minimum atomic E-state index is -0.0819. The van der Waals surface area contributed by atoms with Gasteiger partial charge in [-0.05, 0) is 36.5 Å². The van der Waals surface area contributed by atoms with E-state index in [-0.39, 0.29) is 6.03 Å². The molecule has 1 aliphatic rings. The number of anilines is 1. The summed E-state index contributed by atoms with van der Waals surface area (Å²) in [7, 11) is 1.86. The van der Waals surface area contributed by atoms with Gasteiger partial charge < -0.3 is 15.0 Å². The summed E-state index contributed by atoms with van der Waals surface area (Å²) in [4.78, 5) is 14.2. The molecular weight excluding hydrogens is 284 g/mol. The maximum atomic E-state index is 12.4. The third-order valence-corrected chi connectivity index (χ3v) is 4.59. The summed E-state index contributed by atoms with van der Waals surface area (Å²) in [5.74, 6) is 2.92. The molecule has 0 bridgehead atoms. The highest BCUT2D eigenvalue weighted by Gasteiger charge is 2.22. The second-order valence-corrected chi connectivity index (χ2v) is 6.21. The molecule has 114 valence electrons. The molecule has 21 heavy (non-hydrogen) atoms. The van der Waals surface area contributed by atoms with E-state index in [1.165, 1.54) is 0 Å². The normalized spacial score (nSPS) is 15.3. The van der Waals surface area contributed by atoms with Gasteiger partial charge in [0.15, 0.2) is 0 Å². The smallest absolute Gasteiger partial charge is 0.321 e.